The van der Waals surface area contributed by atoms with E-state index in [-0.39, 0.29) is 0 Å². The van der Waals surface area contributed by atoms with Gasteiger partial charge >= 0.3 is 0 Å². The average Bonchev–Trinajstić information content (AvgIpc) is 3.14. The van der Waals surface area contributed by atoms with Gasteiger partial charge in [-0.3, -0.25) is 9.47 Å². The van der Waals surface area contributed by atoms with Crippen molar-refractivity contribution in [1.82, 2.24) is 14.5 Å². The number of methoxy groups -OCH3 is 3. The largest absolute Gasteiger partial charge is 0.493 e. The van der Waals surface area contributed by atoms with Crippen LogP contribution in [0.15, 0.2) is 42.5 Å². The molecule has 1 aliphatic rings. The molecule has 7 nitrogen and oxygen atoms in total. The summed E-state index contributed by atoms with van der Waals surface area (Å²) in [6, 6.07) is 14.4. The van der Waals surface area contributed by atoms with Gasteiger partial charge < -0.3 is 19.1 Å². The first kappa shape index (κ1) is 19.5. The summed E-state index contributed by atoms with van der Waals surface area (Å²) in [5.41, 5.74) is 3.43. The number of imidazole rings is 1. The monoisotopic (exact) mass is 396 g/mol. The fourth-order valence-electron chi connectivity index (χ4n) is 3.83. The minimum absolute atomic E-state index is 0.673. The Hall–Kier alpha value is -2.77. The summed E-state index contributed by atoms with van der Waals surface area (Å²) in [6.07, 6.45) is 0.931. The topological polar surface area (TPSA) is 52.0 Å². The first-order valence-corrected chi connectivity index (χ1v) is 9.86. The van der Waals surface area contributed by atoms with Crippen LogP contribution in [-0.2, 0) is 17.8 Å². The Balaban J connectivity index is 1.53. The molecule has 3 aromatic rings. The molecule has 0 fully saturated rings. The maximum absolute atomic E-state index is 5.44. The zero-order chi connectivity index (χ0) is 20.2. The molecule has 1 aliphatic heterocycles. The van der Waals surface area contributed by atoms with E-state index < -0.39 is 0 Å². The van der Waals surface area contributed by atoms with E-state index >= 15 is 0 Å². The Morgan fingerprint density at radius 1 is 0.931 bits per heavy atom. The van der Waals surface area contributed by atoms with Crippen molar-refractivity contribution in [2.75, 3.05) is 52.6 Å². The van der Waals surface area contributed by atoms with Crippen LogP contribution in [0.25, 0.3) is 11.0 Å². The first-order valence-electron chi connectivity index (χ1n) is 9.86. The van der Waals surface area contributed by atoms with Crippen LogP contribution in [0.1, 0.15) is 5.56 Å². The Bertz CT molecular complexity index is 972. The highest BCUT2D eigenvalue weighted by Gasteiger charge is 2.25. The fraction of sp³-hybridized carbons (Fsp3) is 0.409. The third-order valence-electron chi connectivity index (χ3n) is 5.36. The number of anilines is 1. The molecule has 0 N–H and O–H groups in total. The van der Waals surface area contributed by atoms with E-state index in [9.17, 15) is 0 Å². The highest BCUT2D eigenvalue weighted by atomic mass is 16.5. The van der Waals surface area contributed by atoms with Crippen molar-refractivity contribution in [2.24, 2.45) is 0 Å². The number of ether oxygens (including phenoxy) is 3. The van der Waals surface area contributed by atoms with Crippen molar-refractivity contribution in [3.63, 3.8) is 0 Å². The Morgan fingerprint density at radius 3 is 2.55 bits per heavy atom. The summed E-state index contributed by atoms with van der Waals surface area (Å²) < 4.78 is 18.4. The van der Waals surface area contributed by atoms with Crippen LogP contribution in [-0.4, -0.2) is 62.1 Å². The lowest BCUT2D eigenvalue weighted by Gasteiger charge is -2.37. The predicted octanol–water partition coefficient (Wildman–Crippen LogP) is 2.98. The summed E-state index contributed by atoms with van der Waals surface area (Å²) in [4.78, 5) is 9.59. The summed E-state index contributed by atoms with van der Waals surface area (Å²) in [6.45, 7) is 4.08. The first-order chi connectivity index (χ1) is 14.2. The number of fused-ring (bicyclic) bond motifs is 3. The summed E-state index contributed by atoms with van der Waals surface area (Å²) >= 11 is 0. The van der Waals surface area contributed by atoms with Crippen molar-refractivity contribution in [3.8, 4) is 11.5 Å². The lowest BCUT2D eigenvalue weighted by atomic mass is 10.1. The molecule has 0 saturated carbocycles. The minimum atomic E-state index is 0.673. The number of hydrogen-bond acceptors (Lipinski definition) is 6. The van der Waals surface area contributed by atoms with Crippen LogP contribution in [0, 0.1) is 0 Å². The zero-order valence-corrected chi connectivity index (χ0v) is 17.3. The predicted molar refractivity (Wildman–Crippen MR) is 114 cm³/mol. The van der Waals surface area contributed by atoms with Gasteiger partial charge in [0.25, 0.3) is 0 Å². The Labute approximate surface area is 171 Å². The van der Waals surface area contributed by atoms with Gasteiger partial charge in [0.15, 0.2) is 11.5 Å². The van der Waals surface area contributed by atoms with E-state index in [1.807, 2.05) is 12.1 Å². The second-order valence-corrected chi connectivity index (χ2v) is 7.20. The summed E-state index contributed by atoms with van der Waals surface area (Å²) in [5, 5.41) is 0. The molecular formula is C22H28N4O3. The highest BCUT2D eigenvalue weighted by molar-refractivity contribution is 5.79. The zero-order valence-electron chi connectivity index (χ0n) is 17.3. The third kappa shape index (κ3) is 4.02. The number of para-hydroxylation sites is 2. The number of hydrogen-bond donors (Lipinski definition) is 0. The minimum Gasteiger partial charge on any atom is -0.493 e. The average molecular weight is 396 g/mol. The van der Waals surface area contributed by atoms with Crippen molar-refractivity contribution < 1.29 is 14.2 Å². The Kier molecular flexibility index (Phi) is 5.87. The maximum atomic E-state index is 5.44. The maximum Gasteiger partial charge on any atom is 0.208 e. The molecular weight excluding hydrogens is 368 g/mol. The molecule has 2 aromatic carbocycles. The van der Waals surface area contributed by atoms with Gasteiger partial charge in [-0.15, -0.1) is 0 Å². The summed E-state index contributed by atoms with van der Waals surface area (Å²) in [5.74, 6) is 2.55. The van der Waals surface area contributed by atoms with E-state index in [0.29, 0.717) is 6.61 Å². The lowest BCUT2D eigenvalue weighted by molar-refractivity contribution is 0.174. The van der Waals surface area contributed by atoms with E-state index in [0.717, 1.165) is 55.8 Å². The quantitative estimate of drug-likeness (QED) is 0.584. The molecule has 0 radical (unpaired) electrons. The Morgan fingerprint density at radius 2 is 1.76 bits per heavy atom. The molecule has 0 spiro atoms. The molecule has 0 saturated heterocycles. The number of rotatable bonds is 8. The lowest BCUT2D eigenvalue weighted by Crippen LogP contribution is -2.47. The highest BCUT2D eigenvalue weighted by Crippen LogP contribution is 2.29. The normalized spacial score (nSPS) is 14.2. The van der Waals surface area contributed by atoms with Crippen molar-refractivity contribution in [1.29, 1.82) is 0 Å². The van der Waals surface area contributed by atoms with Gasteiger partial charge in [0.1, 0.15) is 0 Å². The second-order valence-electron chi connectivity index (χ2n) is 7.20. The summed E-state index contributed by atoms with van der Waals surface area (Å²) in [7, 11) is 5.07. The standard InChI is InChI=1S/C22H28N4O3/c1-27-13-12-25-15-24(11-10-17-8-9-20(28-2)21(14-17)29-3)16-26-19-7-5-4-6-18(19)23-22(25)26/h4-9,14H,10-13,15-16H2,1-3H3. The van der Waals surface area contributed by atoms with E-state index in [2.05, 4.69) is 44.7 Å². The van der Waals surface area contributed by atoms with Gasteiger partial charge in [-0.05, 0) is 36.2 Å². The van der Waals surface area contributed by atoms with Gasteiger partial charge in [0.2, 0.25) is 5.95 Å². The molecule has 0 bridgehead atoms. The number of benzene rings is 2. The van der Waals surface area contributed by atoms with Crippen LogP contribution >= 0.6 is 0 Å². The van der Waals surface area contributed by atoms with Crippen molar-refractivity contribution in [3.05, 3.63) is 48.0 Å². The van der Waals surface area contributed by atoms with Crippen LogP contribution in [0.2, 0.25) is 0 Å². The van der Waals surface area contributed by atoms with Crippen molar-refractivity contribution >= 4 is 17.0 Å². The molecule has 0 unspecified atom stereocenters. The van der Waals surface area contributed by atoms with Gasteiger partial charge in [-0.2, -0.15) is 0 Å². The molecule has 4 rings (SSSR count). The number of nitrogens with zero attached hydrogens (tertiary/aromatic N) is 4. The van der Waals surface area contributed by atoms with Gasteiger partial charge in [0, 0.05) is 20.2 Å². The molecule has 154 valence electrons. The molecule has 0 aliphatic carbocycles. The third-order valence-corrected chi connectivity index (χ3v) is 5.36. The van der Waals surface area contributed by atoms with Crippen LogP contribution in [0.5, 0.6) is 11.5 Å². The van der Waals surface area contributed by atoms with Crippen LogP contribution in [0.3, 0.4) is 0 Å². The molecule has 1 aromatic heterocycles. The molecule has 0 amide bonds. The van der Waals surface area contributed by atoms with Gasteiger partial charge in [0.05, 0.1) is 45.2 Å². The molecule has 0 atom stereocenters. The van der Waals surface area contributed by atoms with Crippen molar-refractivity contribution in [2.45, 2.75) is 13.1 Å². The van der Waals surface area contributed by atoms with Gasteiger partial charge in [-0.1, -0.05) is 18.2 Å². The van der Waals surface area contributed by atoms with E-state index in [1.54, 1.807) is 21.3 Å². The van der Waals surface area contributed by atoms with Gasteiger partial charge in [-0.25, -0.2) is 4.98 Å². The molecule has 29 heavy (non-hydrogen) atoms. The van der Waals surface area contributed by atoms with Crippen LogP contribution < -0.4 is 14.4 Å². The fourth-order valence-corrected chi connectivity index (χ4v) is 3.83. The SMILES string of the molecule is COCCN1CN(CCc2ccc(OC)c(OC)c2)Cn2c1nc1ccccc12. The molecule has 7 heteroatoms. The smallest absolute Gasteiger partial charge is 0.208 e. The van der Waals surface area contributed by atoms with E-state index in [1.165, 1.54) is 11.1 Å². The second kappa shape index (κ2) is 8.71. The number of aromatic nitrogens is 2. The van der Waals surface area contributed by atoms with Crippen LogP contribution in [0.4, 0.5) is 5.95 Å². The molecule has 2 heterocycles. The van der Waals surface area contributed by atoms with E-state index in [4.69, 9.17) is 19.2 Å².